The number of halogens is 1. The first-order valence-corrected chi connectivity index (χ1v) is 9.85. The van der Waals surface area contributed by atoms with Crippen LogP contribution in [0.2, 0.25) is 5.02 Å². The van der Waals surface area contributed by atoms with Crippen molar-refractivity contribution in [3.05, 3.63) is 101 Å². The number of aryl methyl sites for hydroxylation is 1. The summed E-state index contributed by atoms with van der Waals surface area (Å²) in [7, 11) is 0. The van der Waals surface area contributed by atoms with Crippen LogP contribution in [-0.2, 0) is 0 Å². The molecule has 8 heteroatoms. The lowest BCUT2D eigenvalue weighted by Crippen LogP contribution is -2.15. The molecule has 0 spiro atoms. The van der Waals surface area contributed by atoms with E-state index in [9.17, 15) is 9.59 Å². The first kappa shape index (κ1) is 20.3. The Hall–Kier alpha value is -3.97. The van der Waals surface area contributed by atoms with E-state index in [1.165, 1.54) is 4.68 Å². The van der Waals surface area contributed by atoms with E-state index in [4.69, 9.17) is 11.6 Å². The van der Waals surface area contributed by atoms with E-state index in [1.807, 2.05) is 18.2 Å². The minimum Gasteiger partial charge on any atom is -0.322 e. The molecule has 0 aliphatic heterocycles. The summed E-state index contributed by atoms with van der Waals surface area (Å²) in [5.41, 5.74) is 2.24. The molecule has 1 heterocycles. The van der Waals surface area contributed by atoms with Crippen LogP contribution in [0.1, 0.15) is 26.8 Å². The standard InChI is InChI=1S/C23H18ClN5O2/c1-15-25-21(28-29(15)20-13-6-5-12-19(20)24)23(31)27-18-11-7-10-17(14-18)26-22(30)16-8-3-2-4-9-16/h2-14H,1H3,(H,26,30)(H,27,31). The largest absolute Gasteiger partial charge is 0.322 e. The lowest BCUT2D eigenvalue weighted by Gasteiger charge is -2.08. The molecular weight excluding hydrogens is 414 g/mol. The lowest BCUT2D eigenvalue weighted by atomic mass is 10.2. The van der Waals surface area contributed by atoms with E-state index in [0.29, 0.717) is 33.5 Å². The predicted molar refractivity (Wildman–Crippen MR) is 120 cm³/mol. The van der Waals surface area contributed by atoms with Crippen LogP contribution in [0.25, 0.3) is 5.69 Å². The van der Waals surface area contributed by atoms with Crippen LogP contribution in [0.3, 0.4) is 0 Å². The summed E-state index contributed by atoms with van der Waals surface area (Å²) in [5, 5.41) is 10.4. The van der Waals surface area contributed by atoms with Gasteiger partial charge in [0, 0.05) is 16.9 Å². The van der Waals surface area contributed by atoms with Gasteiger partial charge in [0.2, 0.25) is 5.82 Å². The Kier molecular flexibility index (Phi) is 5.77. The molecule has 0 atom stereocenters. The summed E-state index contributed by atoms with van der Waals surface area (Å²) in [5.74, 6) is -0.168. The lowest BCUT2D eigenvalue weighted by molar-refractivity contribution is 0.101. The van der Waals surface area contributed by atoms with Crippen LogP contribution in [0.15, 0.2) is 78.9 Å². The number of hydrogen-bond donors (Lipinski definition) is 2. The summed E-state index contributed by atoms with van der Waals surface area (Å²) in [4.78, 5) is 29.3. The maximum atomic E-state index is 12.7. The number of aromatic nitrogens is 3. The van der Waals surface area contributed by atoms with Crippen molar-refractivity contribution in [2.45, 2.75) is 6.92 Å². The number of nitrogens with zero attached hydrogens (tertiary/aromatic N) is 3. The van der Waals surface area contributed by atoms with Gasteiger partial charge in [-0.15, -0.1) is 5.10 Å². The normalized spacial score (nSPS) is 10.5. The minimum absolute atomic E-state index is 0.0103. The third-order valence-electron chi connectivity index (χ3n) is 4.47. The number of nitrogens with one attached hydrogen (secondary N) is 2. The summed E-state index contributed by atoms with van der Waals surface area (Å²) in [6.07, 6.45) is 0. The molecule has 2 amide bonds. The molecule has 3 aromatic carbocycles. The number of benzene rings is 3. The minimum atomic E-state index is -0.472. The summed E-state index contributed by atoms with van der Waals surface area (Å²) >= 11 is 6.23. The summed E-state index contributed by atoms with van der Waals surface area (Å²) in [6, 6.07) is 22.9. The summed E-state index contributed by atoms with van der Waals surface area (Å²) < 4.78 is 1.52. The van der Waals surface area contributed by atoms with Crippen LogP contribution >= 0.6 is 11.6 Å². The fourth-order valence-corrected chi connectivity index (χ4v) is 3.21. The molecule has 0 bridgehead atoms. The van der Waals surface area contributed by atoms with Crippen molar-refractivity contribution in [1.82, 2.24) is 14.8 Å². The highest BCUT2D eigenvalue weighted by Crippen LogP contribution is 2.21. The predicted octanol–water partition coefficient (Wildman–Crippen LogP) is 4.73. The number of para-hydroxylation sites is 1. The van der Waals surface area contributed by atoms with E-state index >= 15 is 0 Å². The van der Waals surface area contributed by atoms with Crippen molar-refractivity contribution in [3.8, 4) is 5.69 Å². The molecule has 4 aromatic rings. The SMILES string of the molecule is Cc1nc(C(=O)Nc2cccc(NC(=O)c3ccccc3)c2)nn1-c1ccccc1Cl. The third kappa shape index (κ3) is 4.62. The van der Waals surface area contributed by atoms with Crippen molar-refractivity contribution in [2.24, 2.45) is 0 Å². The molecule has 31 heavy (non-hydrogen) atoms. The molecule has 2 N–H and O–H groups in total. The average Bonchev–Trinajstić information content (AvgIpc) is 3.16. The zero-order valence-electron chi connectivity index (χ0n) is 16.5. The molecule has 0 fully saturated rings. The summed E-state index contributed by atoms with van der Waals surface area (Å²) in [6.45, 7) is 1.74. The number of carbonyl (C=O) groups excluding carboxylic acids is 2. The van der Waals surface area contributed by atoms with Gasteiger partial charge in [-0.1, -0.05) is 48.0 Å². The molecule has 154 valence electrons. The van der Waals surface area contributed by atoms with Gasteiger partial charge >= 0.3 is 0 Å². The number of carbonyl (C=O) groups is 2. The van der Waals surface area contributed by atoms with Gasteiger partial charge < -0.3 is 10.6 Å². The van der Waals surface area contributed by atoms with Crippen molar-refractivity contribution in [2.75, 3.05) is 10.6 Å². The third-order valence-corrected chi connectivity index (χ3v) is 4.79. The van der Waals surface area contributed by atoms with Gasteiger partial charge in [0.15, 0.2) is 0 Å². The van der Waals surface area contributed by atoms with Crippen LogP contribution in [-0.4, -0.2) is 26.6 Å². The van der Waals surface area contributed by atoms with Crippen molar-refractivity contribution >= 4 is 34.8 Å². The van der Waals surface area contributed by atoms with Crippen LogP contribution in [0, 0.1) is 6.92 Å². The first-order valence-electron chi connectivity index (χ1n) is 9.47. The molecule has 4 rings (SSSR count). The maximum absolute atomic E-state index is 12.7. The molecule has 0 aliphatic carbocycles. The van der Waals surface area contributed by atoms with E-state index < -0.39 is 5.91 Å². The van der Waals surface area contributed by atoms with Crippen molar-refractivity contribution in [3.63, 3.8) is 0 Å². The first-order chi connectivity index (χ1) is 15.0. The van der Waals surface area contributed by atoms with Gasteiger partial charge in [-0.2, -0.15) is 0 Å². The number of amides is 2. The van der Waals surface area contributed by atoms with E-state index in [1.54, 1.807) is 67.6 Å². The van der Waals surface area contributed by atoms with Crippen molar-refractivity contribution < 1.29 is 9.59 Å². The average molecular weight is 432 g/mol. The Labute approximate surface area is 183 Å². The van der Waals surface area contributed by atoms with Crippen molar-refractivity contribution in [1.29, 1.82) is 0 Å². The van der Waals surface area contributed by atoms with Crippen LogP contribution in [0.5, 0.6) is 0 Å². The molecule has 1 aromatic heterocycles. The number of anilines is 2. The Morgan fingerprint density at radius 3 is 2.19 bits per heavy atom. The molecule has 0 saturated heterocycles. The Balaban J connectivity index is 1.49. The van der Waals surface area contributed by atoms with Gasteiger partial charge in [-0.05, 0) is 49.4 Å². The smallest absolute Gasteiger partial charge is 0.295 e. The second kappa shape index (κ2) is 8.81. The highest BCUT2D eigenvalue weighted by Gasteiger charge is 2.17. The second-order valence-corrected chi connectivity index (χ2v) is 7.11. The van der Waals surface area contributed by atoms with Gasteiger partial charge in [0.25, 0.3) is 11.8 Å². The molecule has 0 saturated carbocycles. The topological polar surface area (TPSA) is 88.9 Å². The van der Waals surface area contributed by atoms with E-state index in [-0.39, 0.29) is 11.7 Å². The molecule has 0 aliphatic rings. The Bertz CT molecular complexity index is 1250. The van der Waals surface area contributed by atoms with E-state index in [0.717, 1.165) is 0 Å². The Morgan fingerprint density at radius 1 is 0.839 bits per heavy atom. The van der Waals surface area contributed by atoms with Gasteiger partial charge in [-0.25, -0.2) is 9.67 Å². The maximum Gasteiger partial charge on any atom is 0.295 e. The van der Waals surface area contributed by atoms with E-state index in [2.05, 4.69) is 20.7 Å². The molecule has 0 unspecified atom stereocenters. The van der Waals surface area contributed by atoms with Gasteiger partial charge in [-0.3, -0.25) is 9.59 Å². The number of rotatable bonds is 5. The fourth-order valence-electron chi connectivity index (χ4n) is 2.99. The zero-order chi connectivity index (χ0) is 21.8. The monoisotopic (exact) mass is 431 g/mol. The molecular formula is C23H18ClN5O2. The zero-order valence-corrected chi connectivity index (χ0v) is 17.3. The van der Waals surface area contributed by atoms with Crippen LogP contribution in [0.4, 0.5) is 11.4 Å². The second-order valence-electron chi connectivity index (χ2n) is 6.70. The van der Waals surface area contributed by atoms with Crippen LogP contribution < -0.4 is 10.6 Å². The fraction of sp³-hybridized carbons (Fsp3) is 0.0435. The molecule has 7 nitrogen and oxygen atoms in total. The molecule has 0 radical (unpaired) electrons. The number of hydrogen-bond acceptors (Lipinski definition) is 4. The quantitative estimate of drug-likeness (QED) is 0.478. The van der Waals surface area contributed by atoms with Gasteiger partial charge in [0.05, 0.1) is 10.7 Å². The Morgan fingerprint density at radius 2 is 1.48 bits per heavy atom. The highest BCUT2D eigenvalue weighted by atomic mass is 35.5. The highest BCUT2D eigenvalue weighted by molar-refractivity contribution is 6.32. The van der Waals surface area contributed by atoms with Gasteiger partial charge in [0.1, 0.15) is 5.82 Å².